The van der Waals surface area contributed by atoms with Gasteiger partial charge in [-0.3, -0.25) is 0 Å². The van der Waals surface area contributed by atoms with Gasteiger partial charge in [0.2, 0.25) is 5.28 Å². The van der Waals surface area contributed by atoms with Gasteiger partial charge in [0.05, 0.1) is 17.6 Å². The number of hydrogen-bond acceptors (Lipinski definition) is 6. The van der Waals surface area contributed by atoms with Crippen molar-refractivity contribution >= 4 is 50.6 Å². The van der Waals surface area contributed by atoms with Gasteiger partial charge < -0.3 is 10.1 Å². The van der Waals surface area contributed by atoms with Gasteiger partial charge >= 0.3 is 5.97 Å². The Morgan fingerprint density at radius 3 is 2.74 bits per heavy atom. The molecule has 0 saturated carbocycles. The first kappa shape index (κ1) is 15.7. The Morgan fingerprint density at radius 1 is 1.30 bits per heavy atom. The van der Waals surface area contributed by atoms with E-state index in [0.717, 1.165) is 20.8 Å². The van der Waals surface area contributed by atoms with E-state index in [-0.39, 0.29) is 11.3 Å². The van der Waals surface area contributed by atoms with Crippen LogP contribution in [0.5, 0.6) is 0 Å². The van der Waals surface area contributed by atoms with Gasteiger partial charge in [0.25, 0.3) is 0 Å². The standard InChI is InChI=1S/C16H14ClN3O2S/c1-3-22-15(21)10-4-6-11(7-5-10)18-13-12-8-9(2)23-14(12)20-16(17)19-13/h4-8H,3H2,1-2H3,(H,18,19,20). The van der Waals surface area contributed by atoms with E-state index in [1.807, 2.05) is 13.0 Å². The smallest absolute Gasteiger partial charge is 0.338 e. The summed E-state index contributed by atoms with van der Waals surface area (Å²) in [7, 11) is 0. The molecule has 0 saturated heterocycles. The first-order chi connectivity index (χ1) is 11.1. The zero-order valence-corrected chi connectivity index (χ0v) is 14.2. The van der Waals surface area contributed by atoms with Gasteiger partial charge in [0.1, 0.15) is 10.6 Å². The summed E-state index contributed by atoms with van der Waals surface area (Å²) in [4.78, 5) is 22.1. The molecule has 0 amide bonds. The summed E-state index contributed by atoms with van der Waals surface area (Å²) < 4.78 is 4.97. The maximum Gasteiger partial charge on any atom is 0.338 e. The summed E-state index contributed by atoms with van der Waals surface area (Å²) in [6.45, 7) is 4.15. The van der Waals surface area contributed by atoms with Crippen LogP contribution in [0.4, 0.5) is 11.5 Å². The largest absolute Gasteiger partial charge is 0.462 e. The van der Waals surface area contributed by atoms with Crippen molar-refractivity contribution in [1.82, 2.24) is 9.97 Å². The number of ether oxygens (including phenoxy) is 1. The minimum Gasteiger partial charge on any atom is -0.462 e. The SMILES string of the molecule is CCOC(=O)c1ccc(Nc2nc(Cl)nc3sc(C)cc23)cc1. The van der Waals surface area contributed by atoms with Gasteiger partial charge in [0, 0.05) is 10.6 Å². The predicted octanol–water partition coefficient (Wildman–Crippen LogP) is 4.57. The Balaban J connectivity index is 1.89. The highest BCUT2D eigenvalue weighted by molar-refractivity contribution is 7.18. The molecule has 3 rings (SSSR count). The van der Waals surface area contributed by atoms with Crippen LogP contribution in [0.3, 0.4) is 0 Å². The number of carbonyl (C=O) groups excluding carboxylic acids is 1. The normalized spacial score (nSPS) is 10.7. The first-order valence-electron chi connectivity index (χ1n) is 7.04. The highest BCUT2D eigenvalue weighted by atomic mass is 35.5. The molecule has 0 radical (unpaired) electrons. The van der Waals surface area contributed by atoms with Crippen molar-refractivity contribution in [2.45, 2.75) is 13.8 Å². The van der Waals surface area contributed by atoms with E-state index in [9.17, 15) is 4.79 Å². The van der Waals surface area contributed by atoms with Crippen LogP contribution in [0.15, 0.2) is 30.3 Å². The zero-order chi connectivity index (χ0) is 16.4. The number of aromatic nitrogens is 2. The lowest BCUT2D eigenvalue weighted by Gasteiger charge is -2.08. The fraction of sp³-hybridized carbons (Fsp3) is 0.188. The van der Waals surface area contributed by atoms with E-state index in [0.29, 0.717) is 18.0 Å². The van der Waals surface area contributed by atoms with Crippen LogP contribution in [0, 0.1) is 6.92 Å². The number of halogens is 1. The van der Waals surface area contributed by atoms with E-state index in [1.54, 1.807) is 42.5 Å². The third kappa shape index (κ3) is 3.43. The van der Waals surface area contributed by atoms with Crippen molar-refractivity contribution in [2.24, 2.45) is 0 Å². The molecule has 1 aromatic carbocycles. The third-order valence-corrected chi connectivity index (χ3v) is 4.26. The lowest BCUT2D eigenvalue weighted by atomic mass is 10.2. The van der Waals surface area contributed by atoms with Crippen LogP contribution >= 0.6 is 22.9 Å². The fourth-order valence-electron chi connectivity index (χ4n) is 2.15. The van der Waals surface area contributed by atoms with Crippen molar-refractivity contribution < 1.29 is 9.53 Å². The summed E-state index contributed by atoms with van der Waals surface area (Å²) >= 11 is 7.55. The maximum atomic E-state index is 11.7. The Hall–Kier alpha value is -2.18. The van der Waals surface area contributed by atoms with Gasteiger partial charge in [-0.1, -0.05) is 0 Å². The number of nitrogens with one attached hydrogen (secondary N) is 1. The number of nitrogens with zero attached hydrogens (tertiary/aromatic N) is 2. The Labute approximate surface area is 142 Å². The van der Waals surface area contributed by atoms with Crippen molar-refractivity contribution in [2.75, 3.05) is 11.9 Å². The van der Waals surface area contributed by atoms with E-state index >= 15 is 0 Å². The van der Waals surface area contributed by atoms with Gasteiger partial charge in [-0.25, -0.2) is 9.78 Å². The molecule has 0 aliphatic rings. The summed E-state index contributed by atoms with van der Waals surface area (Å²) in [5.74, 6) is 0.313. The second-order valence-corrected chi connectivity index (χ2v) is 6.41. The second kappa shape index (κ2) is 6.52. The van der Waals surface area contributed by atoms with Crippen LogP contribution in [0.1, 0.15) is 22.2 Å². The quantitative estimate of drug-likeness (QED) is 0.553. The summed E-state index contributed by atoms with van der Waals surface area (Å²) in [6.07, 6.45) is 0. The lowest BCUT2D eigenvalue weighted by molar-refractivity contribution is 0.0526. The van der Waals surface area contributed by atoms with Gasteiger partial charge in [-0.2, -0.15) is 4.98 Å². The van der Waals surface area contributed by atoms with Crippen LogP contribution in [-0.2, 0) is 4.74 Å². The van der Waals surface area contributed by atoms with Crippen LogP contribution < -0.4 is 5.32 Å². The van der Waals surface area contributed by atoms with E-state index in [4.69, 9.17) is 16.3 Å². The molecule has 5 nitrogen and oxygen atoms in total. The average molecular weight is 348 g/mol. The van der Waals surface area contributed by atoms with Crippen molar-refractivity contribution in [3.63, 3.8) is 0 Å². The summed E-state index contributed by atoms with van der Waals surface area (Å²) in [5, 5.41) is 4.34. The van der Waals surface area contributed by atoms with E-state index in [1.165, 1.54) is 0 Å². The molecule has 0 spiro atoms. The molecular formula is C16H14ClN3O2S. The first-order valence-corrected chi connectivity index (χ1v) is 8.24. The molecule has 1 N–H and O–H groups in total. The number of benzene rings is 1. The average Bonchev–Trinajstić information content (AvgIpc) is 2.88. The molecule has 118 valence electrons. The zero-order valence-electron chi connectivity index (χ0n) is 12.6. The second-order valence-electron chi connectivity index (χ2n) is 4.84. The predicted molar refractivity (Wildman–Crippen MR) is 92.8 cm³/mol. The topological polar surface area (TPSA) is 64.1 Å². The van der Waals surface area contributed by atoms with Crippen molar-refractivity contribution in [3.05, 3.63) is 46.1 Å². The molecular weight excluding hydrogens is 334 g/mol. The van der Waals surface area contributed by atoms with Crippen molar-refractivity contribution in [1.29, 1.82) is 0 Å². The van der Waals surface area contributed by atoms with Crippen LogP contribution in [0.2, 0.25) is 5.28 Å². The number of fused-ring (bicyclic) bond motifs is 1. The number of esters is 1. The van der Waals surface area contributed by atoms with Crippen LogP contribution in [-0.4, -0.2) is 22.5 Å². The molecule has 0 aliphatic carbocycles. The molecule has 0 bridgehead atoms. The molecule has 0 atom stereocenters. The Morgan fingerprint density at radius 2 is 2.04 bits per heavy atom. The summed E-state index contributed by atoms with van der Waals surface area (Å²) in [5.41, 5.74) is 1.31. The molecule has 0 unspecified atom stereocenters. The van der Waals surface area contributed by atoms with Gasteiger partial charge in [0.15, 0.2) is 0 Å². The highest BCUT2D eigenvalue weighted by Gasteiger charge is 2.11. The Bertz CT molecular complexity index is 862. The molecule has 7 heteroatoms. The minimum atomic E-state index is -0.333. The highest BCUT2D eigenvalue weighted by Crippen LogP contribution is 2.31. The molecule has 2 aromatic heterocycles. The molecule has 3 aromatic rings. The molecule has 0 fully saturated rings. The van der Waals surface area contributed by atoms with E-state index in [2.05, 4.69) is 15.3 Å². The number of hydrogen-bond donors (Lipinski definition) is 1. The number of carbonyl (C=O) groups is 1. The monoisotopic (exact) mass is 347 g/mol. The van der Waals surface area contributed by atoms with Gasteiger partial charge in [-0.05, 0) is 55.8 Å². The number of rotatable bonds is 4. The van der Waals surface area contributed by atoms with Crippen LogP contribution in [0.25, 0.3) is 10.2 Å². The Kier molecular flexibility index (Phi) is 4.45. The van der Waals surface area contributed by atoms with E-state index < -0.39 is 0 Å². The summed E-state index contributed by atoms with van der Waals surface area (Å²) in [6, 6.07) is 9.03. The minimum absolute atomic E-state index is 0.199. The van der Waals surface area contributed by atoms with Crippen molar-refractivity contribution in [3.8, 4) is 0 Å². The maximum absolute atomic E-state index is 11.7. The van der Waals surface area contributed by atoms with Gasteiger partial charge in [-0.15, -0.1) is 11.3 Å². The lowest BCUT2D eigenvalue weighted by Crippen LogP contribution is -2.04. The number of anilines is 2. The third-order valence-electron chi connectivity index (χ3n) is 3.15. The fourth-order valence-corrected chi connectivity index (χ4v) is 3.25. The molecule has 23 heavy (non-hydrogen) atoms. The number of aryl methyl sites for hydroxylation is 1. The molecule has 0 aliphatic heterocycles. The number of thiophene rings is 1. The molecule has 2 heterocycles.